The summed E-state index contributed by atoms with van der Waals surface area (Å²) in [6, 6.07) is 10.9. The van der Waals surface area contributed by atoms with Crippen molar-refractivity contribution in [3.8, 4) is 0 Å². The first kappa shape index (κ1) is 10.7. The van der Waals surface area contributed by atoms with Crippen molar-refractivity contribution in [1.82, 2.24) is 10.6 Å². The summed E-state index contributed by atoms with van der Waals surface area (Å²) in [7, 11) is 1.99. The third-order valence-corrected chi connectivity index (χ3v) is 3.25. The van der Waals surface area contributed by atoms with Gasteiger partial charge in [-0.25, -0.2) is 0 Å². The van der Waals surface area contributed by atoms with Crippen LogP contribution < -0.4 is 10.6 Å². The molecule has 0 aliphatic heterocycles. The van der Waals surface area contributed by atoms with Crippen molar-refractivity contribution in [2.45, 2.75) is 18.3 Å². The summed E-state index contributed by atoms with van der Waals surface area (Å²) < 4.78 is 0. The molecular formula is C13H20N2. The van der Waals surface area contributed by atoms with Gasteiger partial charge in [0.1, 0.15) is 0 Å². The molecule has 2 rings (SSSR count). The van der Waals surface area contributed by atoms with Crippen molar-refractivity contribution in [2.24, 2.45) is 0 Å². The van der Waals surface area contributed by atoms with E-state index in [1.54, 1.807) is 0 Å². The largest absolute Gasteiger partial charge is 0.318 e. The van der Waals surface area contributed by atoms with Crippen LogP contribution in [0, 0.1) is 0 Å². The van der Waals surface area contributed by atoms with Crippen molar-refractivity contribution in [1.29, 1.82) is 0 Å². The van der Waals surface area contributed by atoms with Crippen molar-refractivity contribution in [3.05, 3.63) is 35.9 Å². The Balaban J connectivity index is 1.86. The molecule has 15 heavy (non-hydrogen) atoms. The van der Waals surface area contributed by atoms with Gasteiger partial charge in [-0.1, -0.05) is 30.3 Å². The van der Waals surface area contributed by atoms with E-state index in [9.17, 15) is 0 Å². The highest BCUT2D eigenvalue weighted by Crippen LogP contribution is 2.47. The van der Waals surface area contributed by atoms with E-state index in [-0.39, 0.29) is 0 Å². The first-order valence-corrected chi connectivity index (χ1v) is 5.78. The van der Waals surface area contributed by atoms with Crippen LogP contribution in [-0.4, -0.2) is 26.7 Å². The van der Waals surface area contributed by atoms with Crippen molar-refractivity contribution in [2.75, 3.05) is 26.7 Å². The molecule has 1 aromatic rings. The first-order valence-electron chi connectivity index (χ1n) is 5.78. The Kier molecular flexibility index (Phi) is 3.39. The predicted octanol–water partition coefficient (Wildman–Crippen LogP) is 1.53. The fourth-order valence-corrected chi connectivity index (χ4v) is 2.05. The van der Waals surface area contributed by atoms with Crippen LogP contribution in [0.1, 0.15) is 18.4 Å². The molecule has 2 heteroatoms. The van der Waals surface area contributed by atoms with E-state index in [1.165, 1.54) is 18.4 Å². The third kappa shape index (κ3) is 2.58. The quantitative estimate of drug-likeness (QED) is 0.687. The second-order valence-electron chi connectivity index (χ2n) is 4.43. The molecule has 1 aliphatic carbocycles. The van der Waals surface area contributed by atoms with Gasteiger partial charge in [0.25, 0.3) is 0 Å². The molecular weight excluding hydrogens is 184 g/mol. The van der Waals surface area contributed by atoms with Crippen molar-refractivity contribution >= 4 is 0 Å². The van der Waals surface area contributed by atoms with Gasteiger partial charge in [-0.3, -0.25) is 0 Å². The number of nitrogens with one attached hydrogen (secondary N) is 2. The van der Waals surface area contributed by atoms with Crippen LogP contribution in [0.15, 0.2) is 30.3 Å². The minimum Gasteiger partial charge on any atom is -0.318 e. The van der Waals surface area contributed by atoms with E-state index in [0.717, 1.165) is 19.6 Å². The maximum absolute atomic E-state index is 3.53. The lowest BCUT2D eigenvalue weighted by molar-refractivity contribution is 0.565. The van der Waals surface area contributed by atoms with Gasteiger partial charge in [-0.15, -0.1) is 0 Å². The zero-order valence-corrected chi connectivity index (χ0v) is 9.42. The Morgan fingerprint density at radius 2 is 1.87 bits per heavy atom. The fourth-order valence-electron chi connectivity index (χ4n) is 2.05. The highest BCUT2D eigenvalue weighted by Gasteiger charge is 2.43. The normalized spacial score (nSPS) is 17.7. The summed E-state index contributed by atoms with van der Waals surface area (Å²) in [5, 5.41) is 6.68. The van der Waals surface area contributed by atoms with Gasteiger partial charge in [0.2, 0.25) is 0 Å². The number of rotatable bonds is 6. The van der Waals surface area contributed by atoms with Crippen molar-refractivity contribution in [3.63, 3.8) is 0 Å². The molecule has 0 bridgehead atoms. The summed E-state index contributed by atoms with van der Waals surface area (Å²) in [6.07, 6.45) is 2.67. The minimum absolute atomic E-state index is 0.453. The number of hydrogen-bond donors (Lipinski definition) is 2. The number of benzene rings is 1. The maximum Gasteiger partial charge on any atom is 0.00784 e. The van der Waals surface area contributed by atoms with Crippen LogP contribution in [0.5, 0.6) is 0 Å². The average molecular weight is 204 g/mol. The molecule has 0 unspecified atom stereocenters. The highest BCUT2D eigenvalue weighted by atomic mass is 14.9. The Morgan fingerprint density at radius 1 is 1.13 bits per heavy atom. The summed E-state index contributed by atoms with van der Waals surface area (Å²) >= 11 is 0. The molecule has 1 aliphatic rings. The molecule has 0 heterocycles. The Morgan fingerprint density at radius 3 is 2.47 bits per heavy atom. The Bertz CT molecular complexity index is 291. The first-order chi connectivity index (χ1) is 7.37. The van der Waals surface area contributed by atoms with E-state index >= 15 is 0 Å². The van der Waals surface area contributed by atoms with Gasteiger partial charge in [0, 0.05) is 25.0 Å². The molecule has 0 atom stereocenters. The van der Waals surface area contributed by atoms with Gasteiger partial charge >= 0.3 is 0 Å². The van der Waals surface area contributed by atoms with Crippen molar-refractivity contribution < 1.29 is 0 Å². The van der Waals surface area contributed by atoms with E-state index < -0.39 is 0 Å². The summed E-state index contributed by atoms with van der Waals surface area (Å²) in [5.74, 6) is 0. The Hall–Kier alpha value is -0.860. The van der Waals surface area contributed by atoms with E-state index in [2.05, 4.69) is 41.0 Å². The van der Waals surface area contributed by atoms with Gasteiger partial charge < -0.3 is 10.6 Å². The molecule has 1 fully saturated rings. The topological polar surface area (TPSA) is 24.1 Å². The summed E-state index contributed by atoms with van der Waals surface area (Å²) in [6.45, 7) is 3.23. The molecule has 2 nitrogen and oxygen atoms in total. The lowest BCUT2D eigenvalue weighted by Crippen LogP contribution is -2.31. The van der Waals surface area contributed by atoms with E-state index in [0.29, 0.717) is 5.41 Å². The summed E-state index contributed by atoms with van der Waals surface area (Å²) in [5.41, 5.74) is 1.96. The van der Waals surface area contributed by atoms with E-state index in [4.69, 9.17) is 0 Å². The van der Waals surface area contributed by atoms with Crippen LogP contribution in [-0.2, 0) is 5.41 Å². The molecule has 1 aromatic carbocycles. The smallest absolute Gasteiger partial charge is 0.00784 e. The number of likely N-dealkylation sites (N-methyl/N-ethyl adjacent to an activating group) is 1. The monoisotopic (exact) mass is 204 g/mol. The van der Waals surface area contributed by atoms with Crippen LogP contribution in [0.2, 0.25) is 0 Å². The molecule has 0 aromatic heterocycles. The van der Waals surface area contributed by atoms with Crippen LogP contribution in [0.25, 0.3) is 0 Å². The van der Waals surface area contributed by atoms with Crippen LogP contribution in [0.4, 0.5) is 0 Å². The fraction of sp³-hybridized carbons (Fsp3) is 0.538. The van der Waals surface area contributed by atoms with Crippen LogP contribution >= 0.6 is 0 Å². The molecule has 82 valence electrons. The molecule has 2 N–H and O–H groups in total. The second kappa shape index (κ2) is 4.77. The zero-order valence-electron chi connectivity index (χ0n) is 9.42. The lowest BCUT2D eigenvalue weighted by Gasteiger charge is -2.16. The van der Waals surface area contributed by atoms with Crippen LogP contribution in [0.3, 0.4) is 0 Å². The van der Waals surface area contributed by atoms with Gasteiger partial charge in [-0.2, -0.15) is 0 Å². The average Bonchev–Trinajstić information content (AvgIpc) is 3.07. The van der Waals surface area contributed by atoms with E-state index in [1.807, 2.05) is 7.05 Å². The van der Waals surface area contributed by atoms with Gasteiger partial charge in [0.15, 0.2) is 0 Å². The zero-order chi connectivity index (χ0) is 10.6. The molecule has 1 saturated carbocycles. The second-order valence-corrected chi connectivity index (χ2v) is 4.43. The summed E-state index contributed by atoms with van der Waals surface area (Å²) in [4.78, 5) is 0. The molecule has 0 amide bonds. The Labute approximate surface area is 92.1 Å². The number of hydrogen-bond acceptors (Lipinski definition) is 2. The lowest BCUT2D eigenvalue weighted by atomic mass is 9.96. The molecule has 0 spiro atoms. The molecule has 0 radical (unpaired) electrons. The minimum atomic E-state index is 0.453. The maximum atomic E-state index is 3.53. The SMILES string of the molecule is CNCCNCC1(c2ccccc2)CC1. The molecule has 0 saturated heterocycles. The van der Waals surface area contributed by atoms with Gasteiger partial charge in [0.05, 0.1) is 0 Å². The predicted molar refractivity (Wildman–Crippen MR) is 64.2 cm³/mol. The third-order valence-electron chi connectivity index (χ3n) is 3.25. The highest BCUT2D eigenvalue weighted by molar-refractivity contribution is 5.31. The standard InChI is InChI=1S/C13H20N2/c1-14-9-10-15-11-13(7-8-13)12-5-3-2-4-6-12/h2-6,14-15H,7-11H2,1H3. The van der Waals surface area contributed by atoms with Gasteiger partial charge in [-0.05, 0) is 25.5 Å².